The average molecular weight is 819 g/mol. The Morgan fingerprint density at radius 2 is 1.44 bits per heavy atom. The minimum Gasteiger partial charge on any atom is -0.507 e. The number of nitrogens with one attached hydrogen (secondary N) is 1. The summed E-state index contributed by atoms with van der Waals surface area (Å²) in [6.07, 6.45) is 11.0. The van der Waals surface area contributed by atoms with E-state index in [0.29, 0.717) is 19.1 Å². The van der Waals surface area contributed by atoms with Crippen LogP contribution in [0.2, 0.25) is 0 Å². The number of ether oxygens (including phenoxy) is 2. The van der Waals surface area contributed by atoms with Crippen molar-refractivity contribution in [2.75, 3.05) is 31.5 Å². The maximum Gasteiger partial charge on any atom is 0.312 e. The molecular formula is C45H62N4O10. The molecule has 7 rings (SSSR count). The lowest BCUT2D eigenvalue weighted by molar-refractivity contribution is -0.112. The number of hydrogen-bond acceptors (Lipinski definition) is 13. The Kier molecular flexibility index (Phi) is 13.1. The Balaban J connectivity index is 1.46. The fourth-order valence-electron chi connectivity index (χ4n) is 8.95. The topological polar surface area (TPSA) is 205 Å². The van der Waals surface area contributed by atoms with Crippen LogP contribution >= 0.6 is 0 Å². The van der Waals surface area contributed by atoms with E-state index in [1.807, 2.05) is 18.9 Å². The summed E-state index contributed by atoms with van der Waals surface area (Å²) >= 11 is 0. The van der Waals surface area contributed by atoms with Gasteiger partial charge >= 0.3 is 5.79 Å². The number of aromatic hydroxyl groups is 3. The van der Waals surface area contributed by atoms with E-state index in [1.54, 1.807) is 45.9 Å². The van der Waals surface area contributed by atoms with Crippen molar-refractivity contribution in [3.05, 3.63) is 52.8 Å². The molecule has 1 saturated heterocycles. The summed E-state index contributed by atoms with van der Waals surface area (Å²) in [4.78, 5) is 30.6. The van der Waals surface area contributed by atoms with Gasteiger partial charge in [0, 0.05) is 73.4 Å². The summed E-state index contributed by atoms with van der Waals surface area (Å²) in [6.45, 7) is 16.2. The van der Waals surface area contributed by atoms with Gasteiger partial charge in [-0.15, -0.1) is 0 Å². The molecule has 9 atom stereocenters. The average Bonchev–Trinajstić information content (AvgIpc) is 3.85. The number of nitrogens with zero attached hydrogens (tertiary/aromatic N) is 3. The van der Waals surface area contributed by atoms with Gasteiger partial charge in [0.05, 0.1) is 53.0 Å². The van der Waals surface area contributed by atoms with Crippen molar-refractivity contribution < 1.29 is 49.7 Å². The predicted molar refractivity (Wildman–Crippen MR) is 226 cm³/mol. The summed E-state index contributed by atoms with van der Waals surface area (Å²) < 4.78 is 12.1. The molecule has 2 fully saturated rings. The lowest BCUT2D eigenvalue weighted by atomic mass is 9.77. The molecule has 1 amide bonds. The molecule has 1 saturated carbocycles. The van der Waals surface area contributed by atoms with Crippen LogP contribution in [0, 0.1) is 36.5 Å². The molecule has 59 heavy (non-hydrogen) atoms. The van der Waals surface area contributed by atoms with Gasteiger partial charge in [0.25, 0.3) is 11.7 Å². The molecular weight excluding hydrogens is 757 g/mol. The molecule has 4 aliphatic heterocycles. The molecule has 14 heteroatoms. The molecule has 0 aromatic heterocycles. The first-order valence-corrected chi connectivity index (χ1v) is 21.0. The Labute approximate surface area is 346 Å². The third kappa shape index (κ3) is 8.41. The second-order valence-corrected chi connectivity index (χ2v) is 17.4. The van der Waals surface area contributed by atoms with Gasteiger partial charge in [-0.05, 0) is 44.6 Å². The van der Waals surface area contributed by atoms with E-state index in [9.17, 15) is 40.2 Å². The molecule has 5 bridgehead atoms. The smallest absolute Gasteiger partial charge is 0.312 e. The van der Waals surface area contributed by atoms with Crippen LogP contribution in [0.3, 0.4) is 0 Å². The quantitative estimate of drug-likeness (QED) is 0.113. The van der Waals surface area contributed by atoms with E-state index in [2.05, 4.69) is 15.3 Å². The van der Waals surface area contributed by atoms with Gasteiger partial charge in [0.15, 0.2) is 5.75 Å². The highest BCUT2D eigenvalue weighted by Crippen LogP contribution is 2.55. The number of phenolic OH excluding ortho intramolecular Hbond substituents is 3. The molecule has 1 aliphatic carbocycles. The van der Waals surface area contributed by atoms with Crippen molar-refractivity contribution in [3.63, 3.8) is 0 Å². The number of aliphatic hydroxyl groups excluding tert-OH is 3. The Bertz CT molecular complexity index is 2050. The van der Waals surface area contributed by atoms with Crippen LogP contribution in [-0.2, 0) is 9.53 Å². The molecule has 5 aliphatic rings. The maximum absolute atomic E-state index is 14.4. The van der Waals surface area contributed by atoms with Crippen LogP contribution in [0.1, 0.15) is 95.6 Å². The van der Waals surface area contributed by atoms with Gasteiger partial charge in [-0.1, -0.05) is 65.7 Å². The number of rotatable bonds is 3. The predicted octanol–water partition coefficient (Wildman–Crippen LogP) is 5.70. The van der Waals surface area contributed by atoms with Crippen molar-refractivity contribution in [2.45, 2.75) is 111 Å². The summed E-state index contributed by atoms with van der Waals surface area (Å²) in [5.41, 5.74) is -0.146. The monoisotopic (exact) mass is 818 g/mol. The number of aliphatic hydroxyl groups is 3. The van der Waals surface area contributed by atoms with Crippen LogP contribution in [0.25, 0.3) is 10.8 Å². The number of allylic oxidation sites excluding steroid dienone is 3. The van der Waals surface area contributed by atoms with Gasteiger partial charge in [-0.25, -0.2) is 0 Å². The highest BCUT2D eigenvalue weighted by Gasteiger charge is 2.50. The first kappa shape index (κ1) is 43.9. The van der Waals surface area contributed by atoms with Crippen molar-refractivity contribution >= 4 is 34.4 Å². The standard InChI is InChI=1S/C45H62N4O10/c1-23-16-21-58-45(8)43(56)34-32-33(39(53)29(7)42(34)59-45)41(55)35(31(40(32)54)22-46-49-19-17-48(18-20-49)30-14-9-10-15-30)47-44(57)25(3)13-11-12-24(2)36(50)27(5)38(52)28(6)37(51)26(23)4/h11-13,16,21-24,26-28,30,36-38,50-55H,9-10,14-15,17-20H2,1-8H3,(H,47,57)/b12-11+,21-16+,25-13-,46-22-/t23-,24-,26+,27+,28-,36-,37+,38+,45-/m0/s1. The molecule has 0 unspecified atom stereocenters. The molecule has 7 N–H and O–H groups in total. The maximum atomic E-state index is 14.4. The van der Waals surface area contributed by atoms with Gasteiger partial charge < -0.3 is 45.4 Å². The number of Topliss-reactive ketones (excluding diaryl/α,β-unsaturated/α-hetero) is 1. The minimum absolute atomic E-state index is 0.0467. The Morgan fingerprint density at radius 1 is 0.814 bits per heavy atom. The van der Waals surface area contributed by atoms with E-state index >= 15 is 0 Å². The zero-order chi connectivity index (χ0) is 43.1. The summed E-state index contributed by atoms with van der Waals surface area (Å²) in [6, 6.07) is 0.568. The third-order valence-corrected chi connectivity index (χ3v) is 13.4. The molecule has 14 nitrogen and oxygen atoms in total. The van der Waals surface area contributed by atoms with E-state index in [1.165, 1.54) is 58.1 Å². The number of piperazine rings is 1. The first-order chi connectivity index (χ1) is 27.9. The largest absolute Gasteiger partial charge is 0.507 e. The molecule has 4 heterocycles. The van der Waals surface area contributed by atoms with Gasteiger partial charge in [-0.2, -0.15) is 5.10 Å². The zero-order valence-electron chi connectivity index (χ0n) is 35.5. The van der Waals surface area contributed by atoms with Crippen molar-refractivity contribution in [2.24, 2.45) is 34.7 Å². The van der Waals surface area contributed by atoms with Gasteiger partial charge in [0.1, 0.15) is 17.2 Å². The second kappa shape index (κ2) is 17.5. The minimum atomic E-state index is -1.96. The molecule has 2 aromatic rings. The fourth-order valence-corrected chi connectivity index (χ4v) is 8.95. The second-order valence-electron chi connectivity index (χ2n) is 17.4. The molecule has 2 aromatic carbocycles. The van der Waals surface area contributed by atoms with E-state index < -0.39 is 70.8 Å². The lowest BCUT2D eigenvalue weighted by Crippen LogP contribution is -2.47. The van der Waals surface area contributed by atoms with E-state index in [0.717, 1.165) is 13.1 Å². The zero-order valence-corrected chi connectivity index (χ0v) is 35.5. The highest BCUT2D eigenvalue weighted by atomic mass is 16.7. The van der Waals surface area contributed by atoms with Gasteiger partial charge in [0.2, 0.25) is 0 Å². The van der Waals surface area contributed by atoms with Crippen molar-refractivity contribution in [3.8, 4) is 23.0 Å². The summed E-state index contributed by atoms with van der Waals surface area (Å²) in [7, 11) is 0. The first-order valence-electron chi connectivity index (χ1n) is 21.0. The number of fused-ring (bicyclic) bond motifs is 14. The van der Waals surface area contributed by atoms with E-state index in [-0.39, 0.29) is 56.3 Å². The SMILES string of the molecule is C/C1=C/C=C/[C@H](C)[C@H](O)[C@@H](C)[C@@H](O)[C@@H](C)[C@H](O)[C@H](C)[C@@H](C)/C=C/O[C@@]2(C)Oc3c(C)c(O)c4c(O)c(c(/C=N\N5CCN(C6CCCC6)CC5)c(O)c4c3C2=O)NC1=O. The number of anilines is 1. The van der Waals surface area contributed by atoms with Crippen LogP contribution in [0.15, 0.2) is 41.2 Å². The number of ketones is 1. The number of carbonyl (C=O) groups is 2. The molecule has 0 spiro atoms. The number of hydrogen-bond donors (Lipinski definition) is 7. The lowest BCUT2D eigenvalue weighted by Gasteiger charge is -2.36. The number of hydrazone groups is 1. The van der Waals surface area contributed by atoms with Crippen LogP contribution < -0.4 is 10.1 Å². The highest BCUT2D eigenvalue weighted by molar-refractivity contribution is 6.23. The number of benzene rings is 2. The fraction of sp³-hybridized carbons (Fsp3) is 0.578. The summed E-state index contributed by atoms with van der Waals surface area (Å²) in [5.74, 6) is -7.30. The molecule has 0 radical (unpaired) electrons. The Morgan fingerprint density at radius 3 is 2.10 bits per heavy atom. The number of carbonyl (C=O) groups excluding carboxylic acids is 2. The van der Waals surface area contributed by atoms with Crippen LogP contribution in [0.5, 0.6) is 23.0 Å². The van der Waals surface area contributed by atoms with Crippen LogP contribution in [-0.4, -0.2) is 115 Å². The van der Waals surface area contributed by atoms with Crippen LogP contribution in [0.4, 0.5) is 5.69 Å². The third-order valence-electron chi connectivity index (χ3n) is 13.4. The van der Waals surface area contributed by atoms with Crippen molar-refractivity contribution in [1.29, 1.82) is 0 Å². The van der Waals surface area contributed by atoms with Gasteiger partial charge in [-0.3, -0.25) is 19.5 Å². The number of amides is 1. The number of phenols is 3. The Hall–Kier alpha value is -4.63. The molecule has 322 valence electrons. The normalized spacial score (nSPS) is 33.9. The van der Waals surface area contributed by atoms with Crippen molar-refractivity contribution in [1.82, 2.24) is 9.91 Å². The summed E-state index contributed by atoms with van der Waals surface area (Å²) in [5, 5.41) is 78.3. The van der Waals surface area contributed by atoms with E-state index in [4.69, 9.17) is 9.47 Å².